The highest BCUT2D eigenvalue weighted by atomic mass is 19.1. The SMILES string of the molecule is CC(C)(C)c1ccccc1NC(=O)c1cc(Nc2ccc(F)cc2)ncn1. The first-order chi connectivity index (χ1) is 12.8. The molecule has 2 N–H and O–H groups in total. The monoisotopic (exact) mass is 364 g/mol. The zero-order chi connectivity index (χ0) is 19.4. The van der Waals surface area contributed by atoms with Gasteiger partial charge >= 0.3 is 0 Å². The minimum atomic E-state index is -0.323. The number of anilines is 3. The Morgan fingerprint density at radius 1 is 1.00 bits per heavy atom. The summed E-state index contributed by atoms with van der Waals surface area (Å²) in [6.07, 6.45) is 1.32. The summed E-state index contributed by atoms with van der Waals surface area (Å²) in [6.45, 7) is 6.27. The van der Waals surface area contributed by atoms with E-state index in [0.717, 1.165) is 11.3 Å². The summed E-state index contributed by atoms with van der Waals surface area (Å²) in [6, 6.07) is 15.1. The minimum Gasteiger partial charge on any atom is -0.340 e. The number of halogens is 1. The van der Waals surface area contributed by atoms with Gasteiger partial charge in [-0.1, -0.05) is 39.0 Å². The van der Waals surface area contributed by atoms with E-state index in [0.29, 0.717) is 11.5 Å². The van der Waals surface area contributed by atoms with Crippen molar-refractivity contribution in [3.63, 3.8) is 0 Å². The van der Waals surface area contributed by atoms with Crippen LogP contribution in [0.3, 0.4) is 0 Å². The van der Waals surface area contributed by atoms with E-state index in [-0.39, 0.29) is 22.8 Å². The number of hydrogen-bond donors (Lipinski definition) is 2. The first-order valence-electron chi connectivity index (χ1n) is 8.58. The average molecular weight is 364 g/mol. The van der Waals surface area contributed by atoms with Crippen molar-refractivity contribution in [1.82, 2.24) is 9.97 Å². The molecule has 0 aliphatic heterocycles. The van der Waals surface area contributed by atoms with E-state index >= 15 is 0 Å². The van der Waals surface area contributed by atoms with Crippen molar-refractivity contribution in [3.8, 4) is 0 Å². The van der Waals surface area contributed by atoms with E-state index in [1.165, 1.54) is 18.5 Å². The number of rotatable bonds is 4. The first-order valence-corrected chi connectivity index (χ1v) is 8.58. The van der Waals surface area contributed by atoms with Gasteiger partial charge in [-0.25, -0.2) is 14.4 Å². The Labute approximate surface area is 157 Å². The lowest BCUT2D eigenvalue weighted by molar-refractivity contribution is 0.102. The molecule has 1 amide bonds. The second kappa shape index (κ2) is 7.53. The van der Waals surface area contributed by atoms with Gasteiger partial charge < -0.3 is 10.6 Å². The molecule has 5 nitrogen and oxygen atoms in total. The lowest BCUT2D eigenvalue weighted by Crippen LogP contribution is -2.19. The highest BCUT2D eigenvalue weighted by Gasteiger charge is 2.19. The van der Waals surface area contributed by atoms with E-state index < -0.39 is 0 Å². The van der Waals surface area contributed by atoms with Crippen molar-refractivity contribution in [2.24, 2.45) is 0 Å². The van der Waals surface area contributed by atoms with Crippen LogP contribution in [0.25, 0.3) is 0 Å². The third-order valence-electron chi connectivity index (χ3n) is 4.00. The van der Waals surface area contributed by atoms with Crippen molar-refractivity contribution < 1.29 is 9.18 Å². The molecule has 0 unspecified atom stereocenters. The van der Waals surface area contributed by atoms with Crippen LogP contribution in [-0.4, -0.2) is 15.9 Å². The maximum Gasteiger partial charge on any atom is 0.274 e. The fourth-order valence-corrected chi connectivity index (χ4v) is 2.66. The minimum absolute atomic E-state index is 0.106. The van der Waals surface area contributed by atoms with Gasteiger partial charge in [0, 0.05) is 17.4 Å². The Morgan fingerprint density at radius 2 is 1.70 bits per heavy atom. The summed E-state index contributed by atoms with van der Waals surface area (Å²) >= 11 is 0. The Balaban J connectivity index is 1.79. The molecular weight excluding hydrogens is 343 g/mol. The molecule has 0 saturated carbocycles. The number of nitrogens with one attached hydrogen (secondary N) is 2. The van der Waals surface area contributed by atoms with Crippen molar-refractivity contribution in [2.45, 2.75) is 26.2 Å². The fourth-order valence-electron chi connectivity index (χ4n) is 2.66. The molecule has 1 aromatic heterocycles. The molecule has 3 aromatic rings. The topological polar surface area (TPSA) is 66.9 Å². The molecule has 3 rings (SSSR count). The third kappa shape index (κ3) is 4.67. The second-order valence-corrected chi connectivity index (χ2v) is 7.17. The summed E-state index contributed by atoms with van der Waals surface area (Å²) in [5, 5.41) is 5.95. The molecule has 0 fully saturated rings. The van der Waals surface area contributed by atoms with Crippen LogP contribution in [0.4, 0.5) is 21.6 Å². The van der Waals surface area contributed by atoms with Crippen LogP contribution in [0, 0.1) is 5.82 Å². The standard InChI is InChI=1S/C21H21FN4O/c1-21(2,3)16-6-4-5-7-17(16)26-20(27)18-12-19(24-13-23-18)25-15-10-8-14(22)9-11-15/h4-13H,1-3H3,(H,26,27)(H,23,24,25). The van der Waals surface area contributed by atoms with E-state index in [1.807, 2.05) is 24.3 Å². The summed E-state index contributed by atoms with van der Waals surface area (Å²) < 4.78 is 13.0. The van der Waals surface area contributed by atoms with Crippen LogP contribution in [0.15, 0.2) is 60.9 Å². The van der Waals surface area contributed by atoms with E-state index in [9.17, 15) is 9.18 Å². The van der Waals surface area contributed by atoms with Crippen LogP contribution in [-0.2, 0) is 5.41 Å². The van der Waals surface area contributed by atoms with Gasteiger partial charge in [0.1, 0.15) is 23.7 Å². The van der Waals surface area contributed by atoms with Crippen LogP contribution in [0.1, 0.15) is 36.8 Å². The van der Waals surface area contributed by atoms with Gasteiger partial charge in [0.2, 0.25) is 0 Å². The molecule has 0 aliphatic carbocycles. The van der Waals surface area contributed by atoms with Crippen molar-refractivity contribution in [3.05, 3.63) is 78.0 Å². The molecule has 0 radical (unpaired) electrons. The highest BCUT2D eigenvalue weighted by molar-refractivity contribution is 6.03. The van der Waals surface area contributed by atoms with Crippen molar-refractivity contribution >= 4 is 23.1 Å². The van der Waals surface area contributed by atoms with Gasteiger partial charge in [-0.15, -0.1) is 0 Å². The maximum atomic E-state index is 13.0. The Morgan fingerprint density at radius 3 is 2.41 bits per heavy atom. The zero-order valence-electron chi connectivity index (χ0n) is 15.5. The van der Waals surface area contributed by atoms with Crippen molar-refractivity contribution in [2.75, 3.05) is 10.6 Å². The molecule has 0 aliphatic rings. The predicted molar refractivity (Wildman–Crippen MR) is 105 cm³/mol. The van der Waals surface area contributed by atoms with Gasteiger partial charge in [0.15, 0.2) is 0 Å². The quantitative estimate of drug-likeness (QED) is 0.690. The van der Waals surface area contributed by atoms with Crippen LogP contribution < -0.4 is 10.6 Å². The lowest BCUT2D eigenvalue weighted by atomic mass is 9.86. The molecule has 2 aromatic carbocycles. The van der Waals surface area contributed by atoms with Gasteiger partial charge in [-0.3, -0.25) is 4.79 Å². The normalized spacial score (nSPS) is 11.1. The molecule has 1 heterocycles. The summed E-state index contributed by atoms with van der Waals surface area (Å²) in [5.41, 5.74) is 2.58. The molecular formula is C21H21FN4O. The van der Waals surface area contributed by atoms with Gasteiger partial charge in [-0.05, 0) is 41.3 Å². The van der Waals surface area contributed by atoms with Crippen LogP contribution in [0.5, 0.6) is 0 Å². The number of para-hydroxylation sites is 1. The van der Waals surface area contributed by atoms with Crippen LogP contribution >= 0.6 is 0 Å². The number of benzene rings is 2. The molecule has 6 heteroatoms. The van der Waals surface area contributed by atoms with E-state index in [1.54, 1.807) is 18.2 Å². The molecule has 0 atom stereocenters. The summed E-state index contributed by atoms with van der Waals surface area (Å²) in [7, 11) is 0. The van der Waals surface area contributed by atoms with Gasteiger partial charge in [0.05, 0.1) is 0 Å². The number of carbonyl (C=O) groups excluding carboxylic acids is 1. The van der Waals surface area contributed by atoms with Gasteiger partial charge in [-0.2, -0.15) is 0 Å². The third-order valence-corrected chi connectivity index (χ3v) is 4.00. The second-order valence-electron chi connectivity index (χ2n) is 7.17. The number of amides is 1. The Kier molecular flexibility index (Phi) is 5.16. The maximum absolute atomic E-state index is 13.0. The van der Waals surface area contributed by atoms with E-state index in [4.69, 9.17) is 0 Å². The highest BCUT2D eigenvalue weighted by Crippen LogP contribution is 2.29. The van der Waals surface area contributed by atoms with E-state index in [2.05, 4.69) is 41.4 Å². The van der Waals surface area contributed by atoms with Crippen molar-refractivity contribution in [1.29, 1.82) is 0 Å². The zero-order valence-corrected chi connectivity index (χ0v) is 15.5. The molecule has 0 bridgehead atoms. The lowest BCUT2D eigenvalue weighted by Gasteiger charge is -2.22. The first kappa shape index (κ1) is 18.5. The molecule has 0 spiro atoms. The number of hydrogen-bond acceptors (Lipinski definition) is 4. The summed E-state index contributed by atoms with van der Waals surface area (Å²) in [5.74, 6) is -0.192. The number of carbonyl (C=O) groups is 1. The number of nitrogens with zero attached hydrogens (tertiary/aromatic N) is 2. The van der Waals surface area contributed by atoms with Crippen LogP contribution in [0.2, 0.25) is 0 Å². The average Bonchev–Trinajstić information content (AvgIpc) is 2.63. The predicted octanol–water partition coefficient (Wildman–Crippen LogP) is 4.91. The summed E-state index contributed by atoms with van der Waals surface area (Å²) in [4.78, 5) is 20.8. The number of aromatic nitrogens is 2. The largest absolute Gasteiger partial charge is 0.340 e. The smallest absolute Gasteiger partial charge is 0.274 e. The molecule has 138 valence electrons. The van der Waals surface area contributed by atoms with Gasteiger partial charge in [0.25, 0.3) is 5.91 Å². The molecule has 0 saturated heterocycles. The fraction of sp³-hybridized carbons (Fsp3) is 0.190. The molecule has 27 heavy (non-hydrogen) atoms. The Hall–Kier alpha value is -3.28. The Bertz CT molecular complexity index is 949.